The van der Waals surface area contributed by atoms with Gasteiger partial charge in [0.2, 0.25) is 0 Å². The second-order valence-electron chi connectivity index (χ2n) is 6.11. The predicted octanol–water partition coefficient (Wildman–Crippen LogP) is 3.54. The third-order valence-electron chi connectivity index (χ3n) is 4.76. The Morgan fingerprint density at radius 1 is 1.38 bits per heavy atom. The van der Waals surface area contributed by atoms with Crippen LogP contribution in [0.15, 0.2) is 24.3 Å². The van der Waals surface area contributed by atoms with E-state index in [9.17, 15) is 14.3 Å². The zero-order chi connectivity index (χ0) is 15.4. The topological polar surface area (TPSA) is 40.5 Å². The number of benzene rings is 1. The molecule has 3 nitrogen and oxygen atoms in total. The van der Waals surface area contributed by atoms with Crippen molar-refractivity contribution >= 4 is 5.97 Å². The number of carboxylic acids is 1. The highest BCUT2D eigenvalue weighted by Crippen LogP contribution is 2.34. The van der Waals surface area contributed by atoms with Gasteiger partial charge in [0, 0.05) is 18.2 Å². The molecule has 116 valence electrons. The van der Waals surface area contributed by atoms with E-state index in [1.165, 1.54) is 6.07 Å². The van der Waals surface area contributed by atoms with Gasteiger partial charge in [0.25, 0.3) is 0 Å². The minimum Gasteiger partial charge on any atom is -0.481 e. The Hall–Kier alpha value is -1.42. The van der Waals surface area contributed by atoms with Crippen molar-refractivity contribution in [2.45, 2.75) is 45.2 Å². The standard InChI is InChI=1S/C17H24FNO2/c1-3-12-8-9-14(17(20)21)16(10-12)19(2)11-13-6-4-5-7-15(13)18/h4-7,12,14,16H,3,8-11H2,1-2H3,(H,20,21). The molecule has 0 aromatic heterocycles. The Labute approximate surface area is 125 Å². The normalized spacial score (nSPS) is 26.0. The van der Waals surface area contributed by atoms with E-state index in [0.29, 0.717) is 18.0 Å². The lowest BCUT2D eigenvalue weighted by atomic mass is 9.76. The Morgan fingerprint density at radius 2 is 2.10 bits per heavy atom. The van der Waals surface area contributed by atoms with Crippen molar-refractivity contribution in [3.63, 3.8) is 0 Å². The van der Waals surface area contributed by atoms with E-state index in [1.807, 2.05) is 18.0 Å². The monoisotopic (exact) mass is 293 g/mol. The molecule has 0 radical (unpaired) electrons. The van der Waals surface area contributed by atoms with Crippen LogP contribution in [-0.2, 0) is 11.3 Å². The van der Waals surface area contributed by atoms with Crippen molar-refractivity contribution in [2.24, 2.45) is 11.8 Å². The van der Waals surface area contributed by atoms with Crippen LogP contribution in [0.2, 0.25) is 0 Å². The number of carbonyl (C=O) groups is 1. The van der Waals surface area contributed by atoms with Crippen LogP contribution in [0.3, 0.4) is 0 Å². The van der Waals surface area contributed by atoms with Crippen LogP contribution >= 0.6 is 0 Å². The van der Waals surface area contributed by atoms with Gasteiger partial charge < -0.3 is 5.11 Å². The maximum atomic E-state index is 13.8. The number of carboxylic acid groups (broad SMARTS) is 1. The first kappa shape index (κ1) is 16.0. The molecule has 1 fully saturated rings. The third-order valence-corrected chi connectivity index (χ3v) is 4.76. The average molecular weight is 293 g/mol. The van der Waals surface area contributed by atoms with Gasteiger partial charge in [-0.1, -0.05) is 31.5 Å². The molecule has 3 unspecified atom stereocenters. The summed E-state index contributed by atoms with van der Waals surface area (Å²) in [7, 11) is 1.91. The molecule has 1 aromatic rings. The van der Waals surface area contributed by atoms with E-state index in [-0.39, 0.29) is 17.8 Å². The predicted molar refractivity (Wildman–Crippen MR) is 80.4 cm³/mol. The van der Waals surface area contributed by atoms with E-state index in [0.717, 1.165) is 25.7 Å². The van der Waals surface area contributed by atoms with E-state index in [4.69, 9.17) is 0 Å². The molecule has 2 rings (SSSR count). The number of nitrogens with zero attached hydrogens (tertiary/aromatic N) is 1. The number of halogens is 1. The van der Waals surface area contributed by atoms with Crippen LogP contribution in [0.5, 0.6) is 0 Å². The quantitative estimate of drug-likeness (QED) is 0.902. The lowest BCUT2D eigenvalue weighted by molar-refractivity contribution is -0.146. The van der Waals surface area contributed by atoms with Crippen LogP contribution in [0.4, 0.5) is 4.39 Å². The molecule has 3 atom stereocenters. The molecule has 4 heteroatoms. The summed E-state index contributed by atoms with van der Waals surface area (Å²) in [5.41, 5.74) is 0.628. The molecule has 0 saturated heterocycles. The summed E-state index contributed by atoms with van der Waals surface area (Å²) in [4.78, 5) is 13.5. The van der Waals surface area contributed by atoms with Gasteiger partial charge in [0.15, 0.2) is 0 Å². The van der Waals surface area contributed by atoms with Crippen LogP contribution in [0, 0.1) is 17.7 Å². The molecule has 0 spiro atoms. The van der Waals surface area contributed by atoms with Crippen molar-refractivity contribution in [1.29, 1.82) is 0 Å². The zero-order valence-corrected chi connectivity index (χ0v) is 12.8. The van der Waals surface area contributed by atoms with Gasteiger partial charge in [-0.15, -0.1) is 0 Å². The van der Waals surface area contributed by atoms with Crippen LogP contribution in [0.25, 0.3) is 0 Å². The van der Waals surface area contributed by atoms with Gasteiger partial charge in [-0.25, -0.2) is 4.39 Å². The first-order chi connectivity index (χ1) is 10.0. The van der Waals surface area contributed by atoms with Gasteiger partial charge in [-0.05, 0) is 38.3 Å². The zero-order valence-electron chi connectivity index (χ0n) is 12.8. The summed E-state index contributed by atoms with van der Waals surface area (Å²) in [5.74, 6) is -0.716. The van der Waals surface area contributed by atoms with Gasteiger partial charge in [-0.3, -0.25) is 9.69 Å². The number of aliphatic carboxylic acids is 1. The fourth-order valence-electron chi connectivity index (χ4n) is 3.39. The minimum absolute atomic E-state index is 0.0131. The van der Waals surface area contributed by atoms with Crippen LogP contribution in [-0.4, -0.2) is 29.1 Å². The summed E-state index contributed by atoms with van der Waals surface area (Å²) in [5, 5.41) is 9.44. The van der Waals surface area contributed by atoms with Crippen LogP contribution < -0.4 is 0 Å². The fourth-order valence-corrected chi connectivity index (χ4v) is 3.39. The van der Waals surface area contributed by atoms with Crippen molar-refractivity contribution in [3.8, 4) is 0 Å². The second kappa shape index (κ2) is 7.03. The Morgan fingerprint density at radius 3 is 2.71 bits per heavy atom. The third kappa shape index (κ3) is 3.82. The molecule has 0 bridgehead atoms. The highest BCUT2D eigenvalue weighted by Gasteiger charge is 2.36. The molecule has 1 N–H and O–H groups in total. The van der Waals surface area contributed by atoms with E-state index >= 15 is 0 Å². The lowest BCUT2D eigenvalue weighted by Gasteiger charge is -2.39. The Bertz CT molecular complexity index is 491. The molecule has 1 saturated carbocycles. The molecule has 0 aliphatic heterocycles. The first-order valence-corrected chi connectivity index (χ1v) is 7.69. The van der Waals surface area contributed by atoms with Crippen molar-refractivity contribution in [2.75, 3.05) is 7.05 Å². The van der Waals surface area contributed by atoms with Gasteiger partial charge in [0.1, 0.15) is 5.82 Å². The Kier molecular flexibility index (Phi) is 5.34. The molecule has 1 aliphatic rings. The van der Waals surface area contributed by atoms with Gasteiger partial charge in [0.05, 0.1) is 5.92 Å². The maximum Gasteiger partial charge on any atom is 0.308 e. The van der Waals surface area contributed by atoms with E-state index < -0.39 is 5.97 Å². The average Bonchev–Trinajstić information content (AvgIpc) is 2.48. The number of hydrogen-bond donors (Lipinski definition) is 1. The van der Waals surface area contributed by atoms with Crippen LogP contribution in [0.1, 0.15) is 38.2 Å². The highest BCUT2D eigenvalue weighted by molar-refractivity contribution is 5.71. The molecule has 1 aliphatic carbocycles. The fraction of sp³-hybridized carbons (Fsp3) is 0.588. The molecule has 21 heavy (non-hydrogen) atoms. The maximum absolute atomic E-state index is 13.8. The second-order valence-corrected chi connectivity index (χ2v) is 6.11. The van der Waals surface area contributed by atoms with Gasteiger partial charge >= 0.3 is 5.97 Å². The number of hydrogen-bond acceptors (Lipinski definition) is 2. The molecule has 0 amide bonds. The molecular weight excluding hydrogens is 269 g/mol. The van der Waals surface area contributed by atoms with E-state index in [1.54, 1.807) is 12.1 Å². The number of rotatable bonds is 5. The summed E-state index contributed by atoms with van der Waals surface area (Å²) in [6.07, 6.45) is 3.67. The molecule has 1 aromatic carbocycles. The first-order valence-electron chi connectivity index (χ1n) is 7.69. The van der Waals surface area contributed by atoms with E-state index in [2.05, 4.69) is 6.92 Å². The molecule has 0 heterocycles. The SMILES string of the molecule is CCC1CCC(C(=O)O)C(N(C)Cc2ccccc2F)C1. The van der Waals surface area contributed by atoms with Gasteiger partial charge in [-0.2, -0.15) is 0 Å². The smallest absolute Gasteiger partial charge is 0.308 e. The van der Waals surface area contributed by atoms with Crippen molar-refractivity contribution in [1.82, 2.24) is 4.90 Å². The summed E-state index contributed by atoms with van der Waals surface area (Å²) in [6, 6.07) is 6.69. The van der Waals surface area contributed by atoms with Crippen molar-refractivity contribution in [3.05, 3.63) is 35.6 Å². The summed E-state index contributed by atoms with van der Waals surface area (Å²) in [6.45, 7) is 2.61. The Balaban J connectivity index is 2.11. The highest BCUT2D eigenvalue weighted by atomic mass is 19.1. The largest absolute Gasteiger partial charge is 0.481 e. The molecular formula is C17H24FNO2. The summed E-state index contributed by atoms with van der Waals surface area (Å²) >= 11 is 0. The lowest BCUT2D eigenvalue weighted by Crippen LogP contribution is -2.45. The van der Waals surface area contributed by atoms with Crippen molar-refractivity contribution < 1.29 is 14.3 Å². The minimum atomic E-state index is -0.727. The summed E-state index contributed by atoms with van der Waals surface area (Å²) < 4.78 is 13.8.